The van der Waals surface area contributed by atoms with Crippen molar-refractivity contribution in [2.45, 2.75) is 0 Å². The van der Waals surface area contributed by atoms with Crippen LogP contribution in [0.1, 0.15) is 20.7 Å². The summed E-state index contributed by atoms with van der Waals surface area (Å²) in [5.74, 6) is -0.278. The van der Waals surface area contributed by atoms with Gasteiger partial charge in [0.25, 0.3) is 11.8 Å². The number of halogens is 2. The van der Waals surface area contributed by atoms with Crippen LogP contribution in [-0.2, 0) is 7.05 Å². The van der Waals surface area contributed by atoms with Crippen LogP contribution in [0, 0.1) is 3.57 Å². The lowest BCUT2D eigenvalue weighted by molar-refractivity contribution is 0.0925. The van der Waals surface area contributed by atoms with Gasteiger partial charge in [0, 0.05) is 15.1 Å². The number of carbonyl (C=O) groups excluding carboxylic acids is 2. The van der Waals surface area contributed by atoms with E-state index in [0.29, 0.717) is 16.9 Å². The first kappa shape index (κ1) is 14.8. The minimum Gasteiger partial charge on any atom is -0.268 e. The zero-order valence-corrected chi connectivity index (χ0v) is 15.6. The van der Waals surface area contributed by atoms with Gasteiger partial charge in [-0.15, -0.1) is 0 Å². The highest BCUT2D eigenvalue weighted by atomic mass is 127. The van der Waals surface area contributed by atoms with Crippen LogP contribution in [0.4, 0.5) is 5.82 Å². The second-order valence-electron chi connectivity index (χ2n) is 5.22. The number of aryl methyl sites for hydroxylation is 1. The van der Waals surface area contributed by atoms with Crippen molar-refractivity contribution in [3.8, 4) is 0 Å². The summed E-state index contributed by atoms with van der Waals surface area (Å²) >= 11 is 5.65. The zero-order valence-electron chi connectivity index (χ0n) is 11.9. The molecule has 0 fully saturated rings. The number of anilines is 1. The van der Waals surface area contributed by atoms with Crippen LogP contribution in [-0.4, -0.2) is 21.6 Å². The van der Waals surface area contributed by atoms with Gasteiger partial charge in [-0.05, 0) is 46.9 Å². The Morgan fingerprint density at radius 1 is 1.09 bits per heavy atom. The molecule has 0 unspecified atom stereocenters. The van der Waals surface area contributed by atoms with Gasteiger partial charge in [-0.3, -0.25) is 14.3 Å². The minimum absolute atomic E-state index is 0.329. The number of imide groups is 1. The number of hydrogen-bond acceptors (Lipinski definition) is 3. The summed E-state index contributed by atoms with van der Waals surface area (Å²) < 4.78 is 3.53. The molecule has 0 spiro atoms. The van der Waals surface area contributed by atoms with Crippen LogP contribution in [0.3, 0.4) is 0 Å². The topological polar surface area (TPSA) is 55.2 Å². The maximum atomic E-state index is 12.7. The highest BCUT2D eigenvalue weighted by Gasteiger charge is 2.39. The molecule has 0 bridgehead atoms. The van der Waals surface area contributed by atoms with E-state index in [1.165, 1.54) is 4.90 Å². The molecule has 0 atom stereocenters. The highest BCUT2D eigenvalue weighted by Crippen LogP contribution is 2.36. The molecule has 2 amide bonds. The molecule has 0 radical (unpaired) electrons. The van der Waals surface area contributed by atoms with Crippen molar-refractivity contribution in [1.29, 1.82) is 0 Å². The third kappa shape index (κ3) is 2.06. The van der Waals surface area contributed by atoms with E-state index in [1.807, 2.05) is 12.1 Å². The van der Waals surface area contributed by atoms with Gasteiger partial charge in [0.15, 0.2) is 5.82 Å². The van der Waals surface area contributed by atoms with E-state index in [2.05, 4.69) is 43.6 Å². The molecule has 0 saturated carbocycles. The minimum atomic E-state index is -0.329. The quantitative estimate of drug-likeness (QED) is 0.393. The Kier molecular flexibility index (Phi) is 3.31. The fourth-order valence-electron chi connectivity index (χ4n) is 2.82. The Labute approximate surface area is 153 Å². The molecular weight excluding hydrogens is 473 g/mol. The van der Waals surface area contributed by atoms with Crippen molar-refractivity contribution >= 4 is 67.1 Å². The number of aromatic nitrogens is 2. The summed E-state index contributed by atoms with van der Waals surface area (Å²) in [6, 6.07) is 10.7. The molecule has 2 heterocycles. The van der Waals surface area contributed by atoms with Gasteiger partial charge in [-0.1, -0.05) is 28.1 Å². The maximum Gasteiger partial charge on any atom is 0.267 e. The lowest BCUT2D eigenvalue weighted by atomic mass is 10.1. The van der Waals surface area contributed by atoms with Gasteiger partial charge in [-0.25, -0.2) is 4.90 Å². The average molecular weight is 482 g/mol. The van der Waals surface area contributed by atoms with Gasteiger partial charge in [0.1, 0.15) is 0 Å². The molecule has 2 aromatic carbocycles. The van der Waals surface area contributed by atoms with Crippen molar-refractivity contribution in [2.24, 2.45) is 7.05 Å². The van der Waals surface area contributed by atoms with E-state index in [9.17, 15) is 9.59 Å². The van der Waals surface area contributed by atoms with E-state index >= 15 is 0 Å². The predicted octanol–water partition coefficient (Wildman–Crippen LogP) is 3.74. The monoisotopic (exact) mass is 481 g/mol. The first-order valence-electron chi connectivity index (χ1n) is 6.78. The van der Waals surface area contributed by atoms with E-state index in [0.717, 1.165) is 18.9 Å². The fraction of sp³-hybridized carbons (Fsp3) is 0.0625. The Morgan fingerprint density at radius 3 is 2.30 bits per heavy atom. The van der Waals surface area contributed by atoms with Gasteiger partial charge in [0.2, 0.25) is 0 Å². The summed E-state index contributed by atoms with van der Waals surface area (Å²) in [6.07, 6.45) is 0. The molecule has 23 heavy (non-hydrogen) atoms. The molecule has 7 heteroatoms. The SMILES string of the molecule is Cn1nc(N2C(=O)c3ccccc3C2=O)c2c(I)cc(Br)cc21. The Hall–Kier alpha value is -1.74. The second kappa shape index (κ2) is 5.13. The van der Waals surface area contributed by atoms with E-state index in [-0.39, 0.29) is 11.8 Å². The zero-order chi connectivity index (χ0) is 16.3. The van der Waals surface area contributed by atoms with Gasteiger partial charge >= 0.3 is 0 Å². The molecule has 1 aliphatic heterocycles. The number of carbonyl (C=O) groups is 2. The van der Waals surface area contributed by atoms with Gasteiger partial charge in [-0.2, -0.15) is 5.10 Å². The molecule has 1 aliphatic rings. The molecule has 114 valence electrons. The lowest BCUT2D eigenvalue weighted by Gasteiger charge is -2.11. The molecule has 5 nitrogen and oxygen atoms in total. The number of hydrogen-bond donors (Lipinski definition) is 0. The van der Waals surface area contributed by atoms with Gasteiger partial charge < -0.3 is 0 Å². The number of benzene rings is 2. The van der Waals surface area contributed by atoms with E-state index < -0.39 is 0 Å². The van der Waals surface area contributed by atoms with Crippen molar-refractivity contribution in [2.75, 3.05) is 4.90 Å². The average Bonchev–Trinajstić information content (AvgIpc) is 2.96. The van der Waals surface area contributed by atoms with Crippen LogP contribution in [0.5, 0.6) is 0 Å². The number of rotatable bonds is 1. The first-order chi connectivity index (χ1) is 11.0. The third-order valence-corrected chi connectivity index (χ3v) is 5.17. The molecule has 4 rings (SSSR count). The predicted molar refractivity (Wildman–Crippen MR) is 98.7 cm³/mol. The van der Waals surface area contributed by atoms with Crippen LogP contribution in [0.25, 0.3) is 10.9 Å². The van der Waals surface area contributed by atoms with Crippen molar-refractivity contribution in [3.05, 3.63) is 55.6 Å². The molecule has 3 aromatic rings. The van der Waals surface area contributed by atoms with E-state index in [4.69, 9.17) is 0 Å². The number of fused-ring (bicyclic) bond motifs is 2. The third-order valence-electron chi connectivity index (χ3n) is 3.86. The smallest absolute Gasteiger partial charge is 0.267 e. The molecule has 0 N–H and O–H groups in total. The van der Waals surface area contributed by atoms with Crippen LogP contribution in [0.2, 0.25) is 0 Å². The van der Waals surface area contributed by atoms with Crippen molar-refractivity contribution < 1.29 is 9.59 Å². The standard InChI is InChI=1S/C16H9BrIN3O2/c1-20-12-7-8(17)6-11(18)13(12)14(19-20)21-15(22)9-4-2-3-5-10(9)16(21)23/h2-7H,1H3. The highest BCUT2D eigenvalue weighted by molar-refractivity contribution is 14.1. The van der Waals surface area contributed by atoms with Crippen molar-refractivity contribution in [3.63, 3.8) is 0 Å². The van der Waals surface area contributed by atoms with E-state index in [1.54, 1.807) is 36.0 Å². The molecule has 0 aliphatic carbocycles. The van der Waals surface area contributed by atoms with Crippen LogP contribution in [0.15, 0.2) is 40.9 Å². The molecular formula is C16H9BrIN3O2. The van der Waals surface area contributed by atoms with Crippen LogP contribution >= 0.6 is 38.5 Å². The van der Waals surface area contributed by atoms with Gasteiger partial charge in [0.05, 0.1) is 22.0 Å². The largest absolute Gasteiger partial charge is 0.268 e. The Morgan fingerprint density at radius 2 is 1.70 bits per heavy atom. The second-order valence-corrected chi connectivity index (χ2v) is 7.30. The summed E-state index contributed by atoms with van der Waals surface area (Å²) in [5.41, 5.74) is 1.70. The first-order valence-corrected chi connectivity index (χ1v) is 8.66. The molecule has 1 aromatic heterocycles. The Balaban J connectivity index is 1.99. The summed E-state index contributed by atoms with van der Waals surface area (Å²) in [7, 11) is 1.80. The summed E-state index contributed by atoms with van der Waals surface area (Å²) in [6.45, 7) is 0. The molecule has 0 saturated heterocycles. The summed E-state index contributed by atoms with van der Waals surface area (Å²) in [5, 5.41) is 5.23. The van der Waals surface area contributed by atoms with Crippen LogP contribution < -0.4 is 4.90 Å². The fourth-order valence-corrected chi connectivity index (χ4v) is 4.55. The summed E-state index contributed by atoms with van der Waals surface area (Å²) in [4.78, 5) is 26.5. The normalized spacial score (nSPS) is 14.0. The van der Waals surface area contributed by atoms with Crippen molar-refractivity contribution in [1.82, 2.24) is 9.78 Å². The number of nitrogens with zero attached hydrogens (tertiary/aromatic N) is 3. The lowest BCUT2D eigenvalue weighted by Crippen LogP contribution is -2.30. The Bertz CT molecular complexity index is 977. The number of amides is 2. The maximum absolute atomic E-state index is 12.7.